The molecule has 0 spiro atoms. The van der Waals surface area contributed by atoms with E-state index in [4.69, 9.17) is 27.9 Å². The van der Waals surface area contributed by atoms with Gasteiger partial charge < -0.3 is 15.4 Å². The molecule has 11 heteroatoms. The number of hydrogen-bond acceptors (Lipinski definition) is 4. The first-order valence-electron chi connectivity index (χ1n) is 8.92. The maximum atomic E-state index is 12.7. The van der Waals surface area contributed by atoms with Crippen molar-refractivity contribution < 1.29 is 32.3 Å². The Morgan fingerprint density at radius 3 is 2.23 bits per heavy atom. The zero-order valence-corrected chi connectivity index (χ0v) is 17.4. The van der Waals surface area contributed by atoms with E-state index >= 15 is 0 Å². The van der Waals surface area contributed by atoms with Crippen molar-refractivity contribution in [3.05, 3.63) is 58.1 Å². The van der Waals surface area contributed by atoms with E-state index in [1.165, 1.54) is 30.3 Å². The summed E-state index contributed by atoms with van der Waals surface area (Å²) in [5.41, 5.74) is -0.504. The van der Waals surface area contributed by atoms with Crippen molar-refractivity contribution >= 4 is 52.4 Å². The molecule has 0 atom stereocenters. The number of alkyl halides is 3. The van der Waals surface area contributed by atoms with Crippen LogP contribution < -0.4 is 10.6 Å². The fraction of sp³-hybridized carbons (Fsp3) is 0.250. The molecule has 0 aliphatic rings. The van der Waals surface area contributed by atoms with Crippen molar-refractivity contribution in [2.24, 2.45) is 0 Å². The Morgan fingerprint density at radius 2 is 1.55 bits per heavy atom. The Morgan fingerprint density at radius 1 is 0.871 bits per heavy atom. The minimum absolute atomic E-state index is 0.00127. The molecule has 0 heterocycles. The first-order chi connectivity index (χ1) is 14.5. The van der Waals surface area contributed by atoms with Gasteiger partial charge in [0.05, 0.1) is 15.6 Å². The zero-order valence-electron chi connectivity index (χ0n) is 15.9. The van der Waals surface area contributed by atoms with Crippen LogP contribution in [0.3, 0.4) is 0 Å². The van der Waals surface area contributed by atoms with E-state index in [0.717, 1.165) is 12.1 Å². The molecular formula is C20H17Cl2F3N2O4. The number of anilines is 2. The van der Waals surface area contributed by atoms with Crippen molar-refractivity contribution in [1.29, 1.82) is 0 Å². The van der Waals surface area contributed by atoms with Gasteiger partial charge in [0.2, 0.25) is 5.91 Å². The fourth-order valence-corrected chi connectivity index (χ4v) is 2.68. The Labute approximate surface area is 185 Å². The van der Waals surface area contributed by atoms with Gasteiger partial charge in [0, 0.05) is 24.2 Å². The van der Waals surface area contributed by atoms with Crippen LogP contribution in [0.25, 0.3) is 0 Å². The predicted octanol–water partition coefficient (Wildman–Crippen LogP) is 5.30. The third kappa shape index (κ3) is 8.47. The highest BCUT2D eigenvalue weighted by molar-refractivity contribution is 6.42. The topological polar surface area (TPSA) is 84.5 Å². The van der Waals surface area contributed by atoms with Gasteiger partial charge in [-0.2, -0.15) is 13.2 Å². The quantitative estimate of drug-likeness (QED) is 0.506. The molecule has 0 bridgehead atoms. The molecule has 2 aromatic carbocycles. The van der Waals surface area contributed by atoms with Crippen LogP contribution in [0.4, 0.5) is 24.5 Å². The average molecular weight is 477 g/mol. The van der Waals surface area contributed by atoms with Gasteiger partial charge in [-0.25, -0.2) is 0 Å². The highest BCUT2D eigenvalue weighted by atomic mass is 35.5. The zero-order chi connectivity index (χ0) is 23.0. The SMILES string of the molecule is O=C(CCCC(=O)OCC(=O)Nc1ccc(Cl)c(Cl)c1)Nc1cccc(C(F)(F)F)c1. The molecule has 2 amide bonds. The van der Waals surface area contributed by atoms with Crippen molar-refractivity contribution in [2.75, 3.05) is 17.2 Å². The average Bonchev–Trinajstić information content (AvgIpc) is 2.69. The van der Waals surface area contributed by atoms with E-state index < -0.39 is 36.1 Å². The standard InChI is InChI=1S/C20H17Cl2F3N2O4/c21-15-8-7-14(10-16(15)22)27-18(29)11-31-19(30)6-2-5-17(28)26-13-4-1-3-12(9-13)20(23,24)25/h1,3-4,7-10H,2,5-6,11H2,(H,26,28)(H,27,29). The van der Waals surface area contributed by atoms with Crippen LogP contribution >= 0.6 is 23.2 Å². The molecule has 6 nitrogen and oxygen atoms in total. The molecule has 166 valence electrons. The number of halogens is 5. The first-order valence-corrected chi connectivity index (χ1v) is 9.68. The van der Waals surface area contributed by atoms with Gasteiger partial charge >= 0.3 is 12.1 Å². The summed E-state index contributed by atoms with van der Waals surface area (Å²) >= 11 is 11.6. The van der Waals surface area contributed by atoms with Crippen LogP contribution in [0.5, 0.6) is 0 Å². The maximum Gasteiger partial charge on any atom is 0.416 e. The molecule has 2 rings (SSSR count). The molecule has 0 fully saturated rings. The molecule has 2 aromatic rings. The molecule has 31 heavy (non-hydrogen) atoms. The van der Waals surface area contributed by atoms with Gasteiger partial charge in [-0.3, -0.25) is 14.4 Å². The Hall–Kier alpha value is -2.78. The van der Waals surface area contributed by atoms with E-state index in [-0.39, 0.29) is 30.0 Å². The second-order valence-corrected chi connectivity index (χ2v) is 7.13. The largest absolute Gasteiger partial charge is 0.456 e. The fourth-order valence-electron chi connectivity index (χ4n) is 2.38. The molecule has 0 saturated carbocycles. The number of ether oxygens (including phenoxy) is 1. The van der Waals surface area contributed by atoms with Crippen molar-refractivity contribution in [2.45, 2.75) is 25.4 Å². The summed E-state index contributed by atoms with van der Waals surface area (Å²) in [7, 11) is 0. The summed E-state index contributed by atoms with van der Waals surface area (Å²) in [6.07, 6.45) is -4.68. The lowest BCUT2D eigenvalue weighted by Gasteiger charge is -2.10. The van der Waals surface area contributed by atoms with Gasteiger partial charge in [-0.1, -0.05) is 29.3 Å². The summed E-state index contributed by atoms with van der Waals surface area (Å²) < 4.78 is 42.9. The van der Waals surface area contributed by atoms with Gasteiger partial charge in [0.25, 0.3) is 5.91 Å². The lowest BCUT2D eigenvalue weighted by Crippen LogP contribution is -2.21. The highest BCUT2D eigenvalue weighted by Crippen LogP contribution is 2.30. The minimum Gasteiger partial charge on any atom is -0.456 e. The van der Waals surface area contributed by atoms with E-state index in [0.29, 0.717) is 10.7 Å². The van der Waals surface area contributed by atoms with Gasteiger partial charge in [0.1, 0.15) is 0 Å². The Balaban J connectivity index is 1.69. The highest BCUT2D eigenvalue weighted by Gasteiger charge is 2.30. The molecule has 0 saturated heterocycles. The smallest absolute Gasteiger partial charge is 0.416 e. The second kappa shape index (κ2) is 11.0. The summed E-state index contributed by atoms with van der Waals surface area (Å²) in [6, 6.07) is 8.67. The lowest BCUT2D eigenvalue weighted by molar-refractivity contribution is -0.147. The Bertz CT molecular complexity index is 968. The number of esters is 1. The summed E-state index contributed by atoms with van der Waals surface area (Å²) in [5, 5.41) is 5.39. The summed E-state index contributed by atoms with van der Waals surface area (Å²) in [5.74, 6) is -1.84. The van der Waals surface area contributed by atoms with Crippen molar-refractivity contribution in [3.63, 3.8) is 0 Å². The summed E-state index contributed by atoms with van der Waals surface area (Å²) in [6.45, 7) is -0.532. The number of hydrogen-bond donors (Lipinski definition) is 2. The first kappa shape index (κ1) is 24.5. The molecule has 0 aromatic heterocycles. The van der Waals surface area contributed by atoms with Crippen LogP contribution in [0.2, 0.25) is 10.0 Å². The molecule has 0 aliphatic carbocycles. The lowest BCUT2D eigenvalue weighted by atomic mass is 10.2. The molecule has 0 unspecified atom stereocenters. The Kier molecular flexibility index (Phi) is 8.70. The number of benzene rings is 2. The molecule has 0 aliphatic heterocycles. The molecule has 0 radical (unpaired) electrons. The van der Waals surface area contributed by atoms with Crippen LogP contribution in [-0.4, -0.2) is 24.4 Å². The normalized spacial score (nSPS) is 11.0. The van der Waals surface area contributed by atoms with Gasteiger partial charge in [-0.15, -0.1) is 0 Å². The van der Waals surface area contributed by atoms with E-state index in [2.05, 4.69) is 10.6 Å². The van der Waals surface area contributed by atoms with Gasteiger partial charge in [0.15, 0.2) is 6.61 Å². The number of carbonyl (C=O) groups excluding carboxylic acids is 3. The van der Waals surface area contributed by atoms with E-state index in [9.17, 15) is 27.6 Å². The second-order valence-electron chi connectivity index (χ2n) is 6.32. The van der Waals surface area contributed by atoms with Crippen molar-refractivity contribution in [3.8, 4) is 0 Å². The van der Waals surface area contributed by atoms with Crippen LogP contribution in [0.15, 0.2) is 42.5 Å². The van der Waals surface area contributed by atoms with E-state index in [1.807, 2.05) is 0 Å². The third-order valence-electron chi connectivity index (χ3n) is 3.83. The molecule has 2 N–H and O–H groups in total. The van der Waals surface area contributed by atoms with E-state index in [1.54, 1.807) is 0 Å². The monoisotopic (exact) mass is 476 g/mol. The summed E-state index contributed by atoms with van der Waals surface area (Å²) in [4.78, 5) is 35.3. The predicted molar refractivity (Wildman–Crippen MR) is 110 cm³/mol. The number of amides is 2. The maximum absolute atomic E-state index is 12.7. The van der Waals surface area contributed by atoms with Crippen LogP contribution in [0, 0.1) is 0 Å². The van der Waals surface area contributed by atoms with Crippen LogP contribution in [-0.2, 0) is 25.3 Å². The van der Waals surface area contributed by atoms with Crippen molar-refractivity contribution in [1.82, 2.24) is 0 Å². The minimum atomic E-state index is -4.52. The number of carbonyl (C=O) groups is 3. The number of nitrogens with one attached hydrogen (secondary N) is 2. The van der Waals surface area contributed by atoms with Gasteiger partial charge in [-0.05, 0) is 42.8 Å². The number of rotatable bonds is 8. The van der Waals surface area contributed by atoms with Crippen LogP contribution in [0.1, 0.15) is 24.8 Å². The molecular weight excluding hydrogens is 460 g/mol. The third-order valence-corrected chi connectivity index (χ3v) is 4.57.